The third-order valence-electron chi connectivity index (χ3n) is 5.28. The summed E-state index contributed by atoms with van der Waals surface area (Å²) in [5.41, 5.74) is 1.41. The van der Waals surface area contributed by atoms with E-state index in [0.29, 0.717) is 60.7 Å². The van der Waals surface area contributed by atoms with Gasteiger partial charge in [0.1, 0.15) is 0 Å². The van der Waals surface area contributed by atoms with E-state index < -0.39 is 10.2 Å². The third-order valence-corrected chi connectivity index (χ3v) is 5.75. The van der Waals surface area contributed by atoms with Crippen molar-refractivity contribution in [3.05, 3.63) is 88.2 Å². The van der Waals surface area contributed by atoms with Crippen LogP contribution in [0.1, 0.15) is 11.1 Å². The number of hydrogen-bond donors (Lipinski definition) is 0. The van der Waals surface area contributed by atoms with Gasteiger partial charge >= 0.3 is 34.1 Å². The van der Waals surface area contributed by atoms with E-state index in [-0.39, 0.29) is 45.6 Å². The Balaban J connectivity index is -0.000000300. The second kappa shape index (κ2) is 32.7. The number of rotatable bonds is 16. The number of nitrogens with zero attached hydrogens (tertiary/aromatic N) is 4. The van der Waals surface area contributed by atoms with E-state index in [9.17, 15) is 10.2 Å². The molecule has 0 aliphatic heterocycles. The molecule has 20 heteroatoms. The van der Waals surface area contributed by atoms with Crippen molar-refractivity contribution in [2.45, 2.75) is 13.1 Å². The van der Waals surface area contributed by atoms with Gasteiger partial charge in [-0.25, -0.2) is 0 Å². The van der Waals surface area contributed by atoms with Gasteiger partial charge in [-0.15, -0.1) is 11.5 Å². The maximum atomic E-state index is 11.7. The molecule has 0 atom stereocenters. The molecule has 0 aliphatic carbocycles. The van der Waals surface area contributed by atoms with Gasteiger partial charge in [-0.05, 0) is 35.4 Å². The Kier molecular flexibility index (Phi) is 36.1. The molecular formula is C26H38Cl2Cu2N4O12. The Morgan fingerprint density at radius 2 is 0.826 bits per heavy atom. The molecular weight excluding hydrogens is 758 g/mol. The zero-order valence-corrected chi connectivity index (χ0v) is 29.0. The van der Waals surface area contributed by atoms with Crippen LogP contribution in [0.4, 0.5) is 0 Å². The molecule has 0 fully saturated rings. The van der Waals surface area contributed by atoms with E-state index >= 15 is 0 Å². The second-order valence-electron chi connectivity index (χ2n) is 8.47. The summed E-state index contributed by atoms with van der Waals surface area (Å²) in [6, 6.07) is 9.67. The maximum Gasteiger partial charge on any atom is 2.00 e. The van der Waals surface area contributed by atoms with Crippen LogP contribution in [0, 0.1) is 30.6 Å². The standard InChI is InChI=1S/2C13H20ClNO3.2Cu.2NO3/c2*1-17-7-5-15(6-8-18-2)10-11-9-12(14)3-4-13(11)16;;;2*2-1(3)4/h2*3-4,9,16H,5-8,10H2,1-2H3;;;;/q;;2*+2;2*-1/p-2. The van der Waals surface area contributed by atoms with Gasteiger partial charge in [0.2, 0.25) is 0 Å². The summed E-state index contributed by atoms with van der Waals surface area (Å²) in [5.74, 6) is 0.0264. The quantitative estimate of drug-likeness (QED) is 0.135. The summed E-state index contributed by atoms with van der Waals surface area (Å²) in [7, 11) is 6.64. The van der Waals surface area contributed by atoms with Crippen LogP contribution in [-0.4, -0.2) is 101 Å². The number of methoxy groups -OCH3 is 4. The predicted octanol–water partition coefficient (Wildman–Crippen LogP) is 2.53. The molecule has 0 bridgehead atoms. The van der Waals surface area contributed by atoms with E-state index in [4.69, 9.17) is 72.8 Å². The fourth-order valence-electron chi connectivity index (χ4n) is 3.25. The number of benzene rings is 2. The molecule has 0 saturated carbocycles. The molecule has 46 heavy (non-hydrogen) atoms. The average Bonchev–Trinajstić information content (AvgIpc) is 2.95. The number of halogens is 2. The maximum absolute atomic E-state index is 11.7. The fraction of sp³-hybridized carbons (Fsp3) is 0.538. The normalized spacial score (nSPS) is 9.74. The fourth-order valence-corrected chi connectivity index (χ4v) is 3.64. The van der Waals surface area contributed by atoms with Crippen LogP contribution < -0.4 is 10.2 Å². The Labute approximate surface area is 299 Å². The monoisotopic (exact) mass is 794 g/mol. The van der Waals surface area contributed by atoms with Crippen molar-refractivity contribution in [3.63, 3.8) is 0 Å². The Hall–Kier alpha value is -2.18. The summed E-state index contributed by atoms with van der Waals surface area (Å²) in [5, 5.41) is 54.1. The molecule has 0 saturated heterocycles. The van der Waals surface area contributed by atoms with E-state index in [1.807, 2.05) is 0 Å². The molecule has 0 amide bonds. The predicted molar refractivity (Wildman–Crippen MR) is 161 cm³/mol. The van der Waals surface area contributed by atoms with Crippen LogP contribution in [0.5, 0.6) is 11.5 Å². The Morgan fingerprint density at radius 1 is 0.587 bits per heavy atom. The topological polar surface area (TPSA) is 222 Å². The first-order valence-electron chi connectivity index (χ1n) is 12.7. The van der Waals surface area contributed by atoms with Crippen LogP contribution in [0.2, 0.25) is 10.0 Å². The molecule has 0 N–H and O–H groups in total. The SMILES string of the molecule is COCCN(CCOC)Cc1cc(Cl)ccc1[O-].COCCN(CCOC)Cc1cc(Cl)ccc1[O-].O=[N+]([O-])[O-].O=[N+]([O-])[O-].[Cu+2].[Cu+2]. The number of ether oxygens (including phenoxy) is 4. The summed E-state index contributed by atoms with van der Waals surface area (Å²) >= 11 is 11.8. The van der Waals surface area contributed by atoms with Crippen LogP contribution in [0.3, 0.4) is 0 Å². The smallest absolute Gasteiger partial charge is 0.872 e. The molecule has 0 unspecified atom stereocenters. The Bertz CT molecular complexity index is 962. The molecule has 0 aliphatic rings. The van der Waals surface area contributed by atoms with E-state index in [2.05, 4.69) is 9.80 Å². The van der Waals surface area contributed by atoms with E-state index in [1.165, 1.54) is 12.1 Å². The zero-order valence-electron chi connectivity index (χ0n) is 25.6. The van der Waals surface area contributed by atoms with Crippen molar-refractivity contribution >= 4 is 23.2 Å². The van der Waals surface area contributed by atoms with Gasteiger partial charge in [0.05, 0.1) is 36.6 Å². The molecule has 0 spiro atoms. The average molecular weight is 797 g/mol. The van der Waals surface area contributed by atoms with Crippen molar-refractivity contribution in [2.24, 2.45) is 0 Å². The first-order chi connectivity index (χ1) is 20.8. The molecule has 16 nitrogen and oxygen atoms in total. The molecule has 2 radical (unpaired) electrons. The van der Waals surface area contributed by atoms with Crippen LogP contribution in [-0.2, 0) is 66.2 Å². The van der Waals surface area contributed by atoms with Gasteiger partial charge < -0.3 is 59.8 Å². The van der Waals surface area contributed by atoms with Gasteiger partial charge in [0.15, 0.2) is 0 Å². The molecule has 2 aromatic rings. The molecule has 270 valence electrons. The van der Waals surface area contributed by atoms with Gasteiger partial charge in [-0.3, -0.25) is 9.80 Å². The summed E-state index contributed by atoms with van der Waals surface area (Å²) in [6.07, 6.45) is 0. The number of hydrogen-bond acceptors (Lipinski definition) is 14. The van der Waals surface area contributed by atoms with Gasteiger partial charge in [-0.2, -0.15) is 0 Å². The molecule has 0 heterocycles. The van der Waals surface area contributed by atoms with Crippen molar-refractivity contribution in [2.75, 3.05) is 81.0 Å². The minimum absolute atomic E-state index is 0. The molecule has 0 aromatic heterocycles. The van der Waals surface area contributed by atoms with Crippen molar-refractivity contribution < 1.29 is 73.5 Å². The van der Waals surface area contributed by atoms with Crippen molar-refractivity contribution in [1.82, 2.24) is 9.80 Å². The van der Waals surface area contributed by atoms with Gasteiger partial charge in [0, 0.05) is 77.8 Å². The minimum Gasteiger partial charge on any atom is -0.872 e. The first kappa shape index (κ1) is 50.7. The third kappa shape index (κ3) is 30.5. The first-order valence-corrected chi connectivity index (χ1v) is 13.5. The van der Waals surface area contributed by atoms with Crippen LogP contribution in [0.25, 0.3) is 0 Å². The van der Waals surface area contributed by atoms with Gasteiger partial charge in [-0.1, -0.05) is 35.3 Å². The van der Waals surface area contributed by atoms with Crippen molar-refractivity contribution in [1.29, 1.82) is 0 Å². The van der Waals surface area contributed by atoms with E-state index in [1.54, 1.807) is 52.7 Å². The minimum atomic E-state index is -1.75. The molecule has 2 aromatic carbocycles. The van der Waals surface area contributed by atoms with Crippen LogP contribution >= 0.6 is 23.2 Å². The zero-order chi connectivity index (χ0) is 33.9. The summed E-state index contributed by atoms with van der Waals surface area (Å²) in [6.45, 7) is 6.64. The van der Waals surface area contributed by atoms with E-state index in [0.717, 1.165) is 26.2 Å². The Morgan fingerprint density at radius 3 is 1.04 bits per heavy atom. The van der Waals surface area contributed by atoms with Crippen molar-refractivity contribution in [3.8, 4) is 11.5 Å². The van der Waals surface area contributed by atoms with Gasteiger partial charge in [0.25, 0.3) is 0 Å². The summed E-state index contributed by atoms with van der Waals surface area (Å²) in [4.78, 5) is 20.7. The second-order valence-corrected chi connectivity index (χ2v) is 9.35. The van der Waals surface area contributed by atoms with Crippen LogP contribution in [0.15, 0.2) is 36.4 Å². The summed E-state index contributed by atoms with van der Waals surface area (Å²) < 4.78 is 20.2. The largest absolute Gasteiger partial charge is 2.00 e. The molecule has 2 rings (SSSR count).